The third kappa shape index (κ3) is 4.32. The molecule has 0 fully saturated rings. The SMILES string of the molecule is CC1(C)c2ccccc2-c2ccc(-c3c4ccccc4c(-c4ccc(-c5ccc6c(c5)C(C)(C)c5cc7ccccc7cc5-6)cc4)c4ccccc34)cc21. The van der Waals surface area contributed by atoms with Crippen LogP contribution in [0.3, 0.4) is 0 Å². The van der Waals surface area contributed by atoms with Crippen LogP contribution in [0.25, 0.3) is 88.0 Å². The van der Waals surface area contributed by atoms with Gasteiger partial charge in [-0.3, -0.25) is 0 Å². The maximum Gasteiger partial charge on any atom is 0.0159 e. The summed E-state index contributed by atoms with van der Waals surface area (Å²) in [5.74, 6) is 0. The lowest BCUT2D eigenvalue weighted by Gasteiger charge is -2.23. The molecule has 0 spiro atoms. The first kappa shape index (κ1) is 31.3. The molecule has 0 aromatic heterocycles. The van der Waals surface area contributed by atoms with Crippen molar-refractivity contribution < 1.29 is 0 Å². The normalized spacial score (nSPS) is 14.6. The summed E-state index contributed by atoms with van der Waals surface area (Å²) in [6.07, 6.45) is 0. The number of benzene rings is 9. The minimum absolute atomic E-state index is 0.0531. The molecule has 0 bridgehead atoms. The summed E-state index contributed by atoms with van der Waals surface area (Å²) in [4.78, 5) is 0. The Hall–Kier alpha value is -6.24. The van der Waals surface area contributed by atoms with Gasteiger partial charge in [0.2, 0.25) is 0 Å². The van der Waals surface area contributed by atoms with Gasteiger partial charge in [-0.25, -0.2) is 0 Å². The van der Waals surface area contributed by atoms with Crippen LogP contribution in [0, 0.1) is 0 Å². The highest BCUT2D eigenvalue weighted by molar-refractivity contribution is 6.21. The zero-order valence-electron chi connectivity index (χ0n) is 31.2. The highest BCUT2D eigenvalue weighted by Gasteiger charge is 2.37. The summed E-state index contributed by atoms with van der Waals surface area (Å²) in [6.45, 7) is 9.49. The molecule has 0 unspecified atom stereocenters. The van der Waals surface area contributed by atoms with Crippen LogP contribution in [-0.4, -0.2) is 0 Å². The van der Waals surface area contributed by atoms with Gasteiger partial charge in [0.15, 0.2) is 0 Å². The molecule has 0 saturated heterocycles. The maximum atomic E-state index is 2.47. The maximum absolute atomic E-state index is 2.47. The first-order valence-electron chi connectivity index (χ1n) is 19.3. The average molecular weight is 689 g/mol. The van der Waals surface area contributed by atoms with E-state index in [2.05, 4.69) is 198 Å². The molecular weight excluding hydrogens is 649 g/mol. The van der Waals surface area contributed by atoms with Gasteiger partial charge >= 0.3 is 0 Å². The number of fused-ring (bicyclic) bond motifs is 9. The van der Waals surface area contributed by atoms with Crippen molar-refractivity contribution in [3.05, 3.63) is 192 Å². The molecular formula is C54H40. The van der Waals surface area contributed by atoms with Crippen molar-refractivity contribution in [1.82, 2.24) is 0 Å². The van der Waals surface area contributed by atoms with Crippen LogP contribution in [-0.2, 0) is 10.8 Å². The van der Waals surface area contributed by atoms with Crippen LogP contribution < -0.4 is 0 Å². The second-order valence-electron chi connectivity index (χ2n) is 16.5. The van der Waals surface area contributed by atoms with Gasteiger partial charge in [-0.05, 0) is 134 Å². The van der Waals surface area contributed by atoms with Gasteiger partial charge in [0.05, 0.1) is 0 Å². The summed E-state index contributed by atoms with van der Waals surface area (Å²) in [6, 6.07) is 64.0. The van der Waals surface area contributed by atoms with E-state index >= 15 is 0 Å². The molecule has 2 aliphatic carbocycles. The lowest BCUT2D eigenvalue weighted by atomic mass is 9.80. The monoisotopic (exact) mass is 688 g/mol. The van der Waals surface area contributed by atoms with Crippen molar-refractivity contribution in [2.24, 2.45) is 0 Å². The van der Waals surface area contributed by atoms with Crippen molar-refractivity contribution in [1.29, 1.82) is 0 Å². The van der Waals surface area contributed by atoms with E-state index in [1.807, 2.05) is 0 Å². The van der Waals surface area contributed by atoms with E-state index in [-0.39, 0.29) is 10.8 Å². The summed E-state index contributed by atoms with van der Waals surface area (Å²) in [5.41, 5.74) is 18.6. The highest BCUT2D eigenvalue weighted by Crippen LogP contribution is 2.53. The fraction of sp³-hybridized carbons (Fsp3) is 0.111. The molecule has 0 radical (unpaired) electrons. The molecule has 0 nitrogen and oxygen atoms in total. The standard InChI is InChI=1S/C54H40/c1-53(2)47-20-12-11-15-39(47)40-28-26-38(32-49(40)53)52-44-18-9-7-16-42(44)51(43-17-8-10-19-45(43)52)34-23-21-33(22-24-34)37-25-27-41-46-29-35-13-5-6-14-36(35)30-50(46)54(3,4)48(41)31-37/h5-32H,1-4H3. The van der Waals surface area contributed by atoms with Crippen LogP contribution in [0.4, 0.5) is 0 Å². The molecule has 0 saturated carbocycles. The van der Waals surface area contributed by atoms with E-state index in [4.69, 9.17) is 0 Å². The Morgan fingerprint density at radius 3 is 1.33 bits per heavy atom. The van der Waals surface area contributed by atoms with E-state index < -0.39 is 0 Å². The van der Waals surface area contributed by atoms with Crippen LogP contribution in [0.5, 0.6) is 0 Å². The minimum Gasteiger partial charge on any atom is -0.0619 e. The molecule has 0 aliphatic heterocycles. The van der Waals surface area contributed by atoms with Crippen molar-refractivity contribution in [3.63, 3.8) is 0 Å². The largest absolute Gasteiger partial charge is 0.0619 e. The smallest absolute Gasteiger partial charge is 0.0159 e. The lowest BCUT2D eigenvalue weighted by Crippen LogP contribution is -2.15. The van der Waals surface area contributed by atoms with Gasteiger partial charge in [-0.2, -0.15) is 0 Å². The molecule has 0 N–H and O–H groups in total. The molecule has 0 heterocycles. The molecule has 2 aliphatic rings. The van der Waals surface area contributed by atoms with E-state index in [1.165, 1.54) is 110 Å². The molecule has 54 heavy (non-hydrogen) atoms. The van der Waals surface area contributed by atoms with Gasteiger partial charge in [0.1, 0.15) is 0 Å². The molecule has 9 aromatic rings. The van der Waals surface area contributed by atoms with Crippen molar-refractivity contribution in [2.75, 3.05) is 0 Å². The molecule has 256 valence electrons. The van der Waals surface area contributed by atoms with Crippen LogP contribution >= 0.6 is 0 Å². The zero-order valence-corrected chi connectivity index (χ0v) is 31.2. The second kappa shape index (κ2) is 11.1. The zero-order chi connectivity index (χ0) is 36.3. The fourth-order valence-electron chi connectivity index (χ4n) is 10.0. The summed E-state index contributed by atoms with van der Waals surface area (Å²) < 4.78 is 0. The van der Waals surface area contributed by atoms with Gasteiger partial charge in [-0.15, -0.1) is 0 Å². The van der Waals surface area contributed by atoms with Crippen molar-refractivity contribution >= 4 is 32.3 Å². The predicted octanol–water partition coefficient (Wildman–Crippen LogP) is 14.8. The summed E-state index contributed by atoms with van der Waals surface area (Å²) in [7, 11) is 0. The van der Waals surface area contributed by atoms with E-state index in [0.717, 1.165) is 0 Å². The molecule has 9 aromatic carbocycles. The van der Waals surface area contributed by atoms with Gasteiger partial charge in [-0.1, -0.05) is 173 Å². The molecule has 11 rings (SSSR count). The molecule has 0 heteroatoms. The Morgan fingerprint density at radius 1 is 0.278 bits per heavy atom. The third-order valence-corrected chi connectivity index (χ3v) is 12.9. The Kier molecular flexibility index (Phi) is 6.46. The Labute approximate surface area is 317 Å². The fourth-order valence-corrected chi connectivity index (χ4v) is 10.0. The van der Waals surface area contributed by atoms with E-state index in [9.17, 15) is 0 Å². The third-order valence-electron chi connectivity index (χ3n) is 12.9. The minimum atomic E-state index is -0.0667. The van der Waals surface area contributed by atoms with Gasteiger partial charge in [0, 0.05) is 10.8 Å². The quantitative estimate of drug-likeness (QED) is 0.162. The summed E-state index contributed by atoms with van der Waals surface area (Å²) in [5, 5.41) is 7.75. The molecule has 0 amide bonds. The Bertz CT molecular complexity index is 2970. The van der Waals surface area contributed by atoms with Crippen molar-refractivity contribution in [2.45, 2.75) is 38.5 Å². The summed E-state index contributed by atoms with van der Waals surface area (Å²) >= 11 is 0. The van der Waals surface area contributed by atoms with Gasteiger partial charge < -0.3 is 0 Å². The highest BCUT2D eigenvalue weighted by atomic mass is 14.4. The van der Waals surface area contributed by atoms with Crippen LogP contribution in [0.15, 0.2) is 170 Å². The Morgan fingerprint density at radius 2 is 0.685 bits per heavy atom. The van der Waals surface area contributed by atoms with Crippen molar-refractivity contribution in [3.8, 4) is 55.6 Å². The first-order chi connectivity index (χ1) is 26.3. The number of hydrogen-bond acceptors (Lipinski definition) is 0. The van der Waals surface area contributed by atoms with E-state index in [1.54, 1.807) is 0 Å². The number of hydrogen-bond donors (Lipinski definition) is 0. The van der Waals surface area contributed by atoms with Gasteiger partial charge in [0.25, 0.3) is 0 Å². The van der Waals surface area contributed by atoms with Crippen LogP contribution in [0.1, 0.15) is 49.9 Å². The predicted molar refractivity (Wildman–Crippen MR) is 230 cm³/mol. The molecule has 0 atom stereocenters. The number of rotatable bonds is 3. The second-order valence-corrected chi connectivity index (χ2v) is 16.5. The Balaban J connectivity index is 1.03. The topological polar surface area (TPSA) is 0 Å². The van der Waals surface area contributed by atoms with E-state index in [0.29, 0.717) is 0 Å². The first-order valence-corrected chi connectivity index (χ1v) is 19.3. The average Bonchev–Trinajstić information content (AvgIpc) is 3.57. The van der Waals surface area contributed by atoms with Crippen LogP contribution in [0.2, 0.25) is 0 Å². The lowest BCUT2D eigenvalue weighted by molar-refractivity contribution is 0.660.